The van der Waals surface area contributed by atoms with Crippen LogP contribution in [0.3, 0.4) is 0 Å². The molecule has 2 amide bonds. The van der Waals surface area contributed by atoms with Gasteiger partial charge >= 0.3 is 0 Å². The number of amides is 2. The quantitative estimate of drug-likeness (QED) is 0.497. The number of aromatic nitrogens is 1. The van der Waals surface area contributed by atoms with Gasteiger partial charge in [0.1, 0.15) is 16.8 Å². The molecule has 3 aromatic rings. The Morgan fingerprint density at radius 1 is 1.29 bits per heavy atom. The number of carbonyl (C=O) groups is 2. The Labute approximate surface area is 209 Å². The largest absolute Gasteiger partial charge is 0.494 e. The van der Waals surface area contributed by atoms with Crippen LogP contribution in [0.25, 0.3) is 0 Å². The van der Waals surface area contributed by atoms with E-state index in [4.69, 9.17) is 4.74 Å². The molecule has 8 heteroatoms. The first kappa shape index (κ1) is 24.4. The lowest BCUT2D eigenvalue weighted by Gasteiger charge is -2.27. The number of anilines is 1. The van der Waals surface area contributed by atoms with E-state index in [0.29, 0.717) is 49.5 Å². The zero-order valence-electron chi connectivity index (χ0n) is 19.9. The van der Waals surface area contributed by atoms with Crippen LogP contribution in [0.2, 0.25) is 0 Å². The average Bonchev–Trinajstić information content (AvgIpc) is 3.20. The molecule has 3 heterocycles. The van der Waals surface area contributed by atoms with E-state index >= 15 is 0 Å². The standard InChI is InChI=1S/C27H28N4O3S/c1-3-34-21-6-4-5-20(15-21)18(2)13-25(32)30-27-23(16-28)22-9-12-31(17-24(22)35-27)26(33)14-19-7-10-29-11-8-19/h4-8,10-11,15,18H,3,9,12-14,17H2,1-2H3,(H,30,32). The molecule has 2 aromatic heterocycles. The van der Waals surface area contributed by atoms with Crippen molar-refractivity contribution in [1.82, 2.24) is 9.88 Å². The zero-order valence-corrected chi connectivity index (χ0v) is 20.7. The van der Waals surface area contributed by atoms with Gasteiger partial charge in [0.25, 0.3) is 0 Å². The summed E-state index contributed by atoms with van der Waals surface area (Å²) >= 11 is 1.40. The number of carbonyl (C=O) groups excluding carboxylic acids is 2. The molecule has 1 aliphatic rings. The van der Waals surface area contributed by atoms with Gasteiger partial charge in [0, 0.05) is 30.2 Å². The lowest BCUT2D eigenvalue weighted by Crippen LogP contribution is -2.36. The third-order valence-electron chi connectivity index (χ3n) is 6.11. The topological polar surface area (TPSA) is 95.3 Å². The first-order valence-corrected chi connectivity index (χ1v) is 12.5. The van der Waals surface area contributed by atoms with Gasteiger partial charge in [-0.3, -0.25) is 14.6 Å². The van der Waals surface area contributed by atoms with Crippen molar-refractivity contribution in [2.75, 3.05) is 18.5 Å². The first-order valence-electron chi connectivity index (χ1n) is 11.7. The number of thiophene rings is 1. The lowest BCUT2D eigenvalue weighted by atomic mass is 9.97. The third-order valence-corrected chi connectivity index (χ3v) is 7.24. The molecule has 1 aromatic carbocycles. The second kappa shape index (κ2) is 11.2. The van der Waals surface area contributed by atoms with Crippen LogP contribution in [0.1, 0.15) is 53.3 Å². The number of hydrogen-bond acceptors (Lipinski definition) is 6. The molecule has 0 saturated heterocycles. The molecule has 4 rings (SSSR count). The fourth-order valence-electron chi connectivity index (χ4n) is 4.26. The monoisotopic (exact) mass is 488 g/mol. The summed E-state index contributed by atoms with van der Waals surface area (Å²) in [6.07, 6.45) is 4.58. The van der Waals surface area contributed by atoms with Crippen LogP contribution in [-0.2, 0) is 29.0 Å². The van der Waals surface area contributed by atoms with E-state index in [1.807, 2.05) is 55.1 Å². The van der Waals surface area contributed by atoms with E-state index in [0.717, 1.165) is 27.3 Å². The van der Waals surface area contributed by atoms with Crippen molar-refractivity contribution in [3.63, 3.8) is 0 Å². The molecule has 35 heavy (non-hydrogen) atoms. The van der Waals surface area contributed by atoms with Crippen molar-refractivity contribution >= 4 is 28.2 Å². The van der Waals surface area contributed by atoms with Crippen LogP contribution in [0.15, 0.2) is 48.8 Å². The molecule has 0 spiro atoms. The zero-order chi connectivity index (χ0) is 24.8. The number of nitrogens with zero attached hydrogens (tertiary/aromatic N) is 3. The van der Waals surface area contributed by atoms with Crippen LogP contribution in [-0.4, -0.2) is 34.8 Å². The van der Waals surface area contributed by atoms with Crippen LogP contribution in [0.5, 0.6) is 5.75 Å². The molecule has 0 fully saturated rings. The summed E-state index contributed by atoms with van der Waals surface area (Å²) in [6.45, 7) is 5.54. The van der Waals surface area contributed by atoms with Crippen LogP contribution in [0, 0.1) is 11.3 Å². The fraction of sp³-hybridized carbons (Fsp3) is 0.333. The predicted octanol–water partition coefficient (Wildman–Crippen LogP) is 4.67. The van der Waals surface area contributed by atoms with Gasteiger partial charge in [-0.1, -0.05) is 19.1 Å². The van der Waals surface area contributed by atoms with Gasteiger partial charge in [-0.2, -0.15) is 5.26 Å². The Bertz CT molecular complexity index is 1250. The summed E-state index contributed by atoms with van der Waals surface area (Å²) < 4.78 is 5.57. The summed E-state index contributed by atoms with van der Waals surface area (Å²) in [7, 11) is 0. The van der Waals surface area contributed by atoms with Crippen molar-refractivity contribution in [3.8, 4) is 11.8 Å². The minimum atomic E-state index is -0.139. The number of fused-ring (bicyclic) bond motifs is 1. The highest BCUT2D eigenvalue weighted by Gasteiger charge is 2.27. The Morgan fingerprint density at radius 2 is 2.09 bits per heavy atom. The summed E-state index contributed by atoms with van der Waals surface area (Å²) in [5, 5.41) is 13.3. The highest BCUT2D eigenvalue weighted by molar-refractivity contribution is 7.16. The molecule has 7 nitrogen and oxygen atoms in total. The second-order valence-electron chi connectivity index (χ2n) is 8.58. The van der Waals surface area contributed by atoms with Crippen molar-refractivity contribution in [1.29, 1.82) is 5.26 Å². The number of benzene rings is 1. The van der Waals surface area contributed by atoms with Crippen molar-refractivity contribution in [2.24, 2.45) is 0 Å². The second-order valence-corrected chi connectivity index (χ2v) is 9.68. The van der Waals surface area contributed by atoms with Crippen LogP contribution in [0.4, 0.5) is 5.00 Å². The Balaban J connectivity index is 1.41. The minimum Gasteiger partial charge on any atom is -0.494 e. The lowest BCUT2D eigenvalue weighted by molar-refractivity contribution is -0.131. The number of pyridine rings is 1. The van der Waals surface area contributed by atoms with E-state index in [-0.39, 0.29) is 17.7 Å². The molecule has 1 aliphatic heterocycles. The molecule has 1 atom stereocenters. The van der Waals surface area contributed by atoms with E-state index in [1.54, 1.807) is 12.4 Å². The Kier molecular flexibility index (Phi) is 7.78. The first-order chi connectivity index (χ1) is 17.0. The minimum absolute atomic E-state index is 0.00294. The molecule has 1 N–H and O–H groups in total. The maximum atomic E-state index is 12.8. The Morgan fingerprint density at radius 3 is 2.83 bits per heavy atom. The van der Waals surface area contributed by atoms with Gasteiger partial charge in [-0.15, -0.1) is 11.3 Å². The molecule has 0 bridgehead atoms. The molecule has 1 unspecified atom stereocenters. The highest BCUT2D eigenvalue weighted by Crippen LogP contribution is 2.37. The molecule has 0 aliphatic carbocycles. The SMILES string of the molecule is CCOc1cccc(C(C)CC(=O)Nc2sc3c(c2C#N)CCN(C(=O)Cc2ccncc2)C3)c1. The van der Waals surface area contributed by atoms with Gasteiger partial charge in [0.15, 0.2) is 0 Å². The number of nitrogens with one attached hydrogen (secondary N) is 1. The summed E-state index contributed by atoms with van der Waals surface area (Å²) in [5.41, 5.74) is 3.41. The summed E-state index contributed by atoms with van der Waals surface area (Å²) in [6, 6.07) is 13.7. The third kappa shape index (κ3) is 5.87. The van der Waals surface area contributed by atoms with E-state index in [9.17, 15) is 14.9 Å². The summed E-state index contributed by atoms with van der Waals surface area (Å²) in [5.74, 6) is 0.692. The number of hydrogen-bond donors (Lipinski definition) is 1. The molecule has 180 valence electrons. The molecule has 0 saturated carbocycles. The van der Waals surface area contributed by atoms with Gasteiger partial charge in [0.05, 0.1) is 25.1 Å². The fourth-order valence-corrected chi connectivity index (χ4v) is 5.49. The van der Waals surface area contributed by atoms with Crippen molar-refractivity contribution < 1.29 is 14.3 Å². The molecule has 0 radical (unpaired) electrons. The summed E-state index contributed by atoms with van der Waals surface area (Å²) in [4.78, 5) is 32.4. The maximum Gasteiger partial charge on any atom is 0.227 e. The predicted molar refractivity (Wildman–Crippen MR) is 135 cm³/mol. The van der Waals surface area contributed by atoms with Gasteiger partial charge in [-0.25, -0.2) is 0 Å². The Hall–Kier alpha value is -3.70. The van der Waals surface area contributed by atoms with Crippen molar-refractivity contribution in [3.05, 3.63) is 75.9 Å². The van der Waals surface area contributed by atoms with Gasteiger partial charge in [0.2, 0.25) is 11.8 Å². The smallest absolute Gasteiger partial charge is 0.227 e. The van der Waals surface area contributed by atoms with E-state index in [1.165, 1.54) is 11.3 Å². The van der Waals surface area contributed by atoms with Gasteiger partial charge < -0.3 is 15.0 Å². The highest BCUT2D eigenvalue weighted by atomic mass is 32.1. The van der Waals surface area contributed by atoms with Gasteiger partial charge in [-0.05, 0) is 60.2 Å². The maximum absolute atomic E-state index is 12.8. The van der Waals surface area contributed by atoms with Crippen LogP contribution < -0.4 is 10.1 Å². The normalized spacial score (nSPS) is 13.5. The average molecular weight is 489 g/mol. The number of ether oxygens (including phenoxy) is 1. The number of nitriles is 1. The van der Waals surface area contributed by atoms with Crippen molar-refractivity contribution in [2.45, 2.75) is 45.6 Å². The van der Waals surface area contributed by atoms with E-state index in [2.05, 4.69) is 16.4 Å². The van der Waals surface area contributed by atoms with Crippen LogP contribution >= 0.6 is 11.3 Å². The number of rotatable bonds is 8. The van der Waals surface area contributed by atoms with E-state index < -0.39 is 0 Å². The molecular formula is C27H28N4O3S. The molecular weight excluding hydrogens is 460 g/mol.